The summed E-state index contributed by atoms with van der Waals surface area (Å²) in [5.74, 6) is 1.75. The molecule has 1 aliphatic rings. The Labute approximate surface area is 149 Å². The molecule has 132 valence electrons. The zero-order chi connectivity index (χ0) is 17.6. The largest absolute Gasteiger partial charge is 0.489 e. The first-order valence-electron chi connectivity index (χ1n) is 8.92. The molecule has 2 aromatic rings. The predicted octanol–water partition coefficient (Wildman–Crippen LogP) is 3.08. The van der Waals surface area contributed by atoms with E-state index < -0.39 is 0 Å². The van der Waals surface area contributed by atoms with Gasteiger partial charge in [0.1, 0.15) is 12.4 Å². The van der Waals surface area contributed by atoms with Gasteiger partial charge in [0.15, 0.2) is 0 Å². The molecule has 4 nitrogen and oxygen atoms in total. The summed E-state index contributed by atoms with van der Waals surface area (Å²) < 4.78 is 5.81. The van der Waals surface area contributed by atoms with Gasteiger partial charge < -0.3 is 15.8 Å². The lowest BCUT2D eigenvalue weighted by atomic mass is 10.1. The first-order valence-corrected chi connectivity index (χ1v) is 8.92. The summed E-state index contributed by atoms with van der Waals surface area (Å²) in [5.41, 5.74) is 7.94. The molecule has 0 spiro atoms. The number of rotatable bonds is 8. The summed E-state index contributed by atoms with van der Waals surface area (Å²) in [7, 11) is 0. The smallest absolute Gasteiger partial charge is 0.223 e. The normalized spacial score (nSPS) is 19.9. The third-order valence-electron chi connectivity index (χ3n) is 4.71. The van der Waals surface area contributed by atoms with Crippen molar-refractivity contribution in [3.8, 4) is 5.75 Å². The predicted molar refractivity (Wildman–Crippen MR) is 99.3 cm³/mol. The van der Waals surface area contributed by atoms with E-state index in [1.807, 2.05) is 49.4 Å². The fourth-order valence-corrected chi connectivity index (χ4v) is 2.89. The minimum absolute atomic E-state index is 0.0982. The van der Waals surface area contributed by atoms with E-state index in [2.05, 4.69) is 17.4 Å². The van der Waals surface area contributed by atoms with E-state index in [0.29, 0.717) is 31.5 Å². The zero-order valence-corrected chi connectivity index (χ0v) is 14.7. The van der Waals surface area contributed by atoms with Crippen LogP contribution in [0.4, 0.5) is 0 Å². The molecule has 0 radical (unpaired) electrons. The van der Waals surface area contributed by atoms with Crippen LogP contribution in [0.25, 0.3) is 0 Å². The Morgan fingerprint density at radius 3 is 2.60 bits per heavy atom. The fraction of sp³-hybridized carbons (Fsp3) is 0.381. The summed E-state index contributed by atoms with van der Waals surface area (Å²) in [6.45, 7) is 3.86. The number of nitrogens with one attached hydrogen (secondary N) is 1. The van der Waals surface area contributed by atoms with Crippen LogP contribution in [-0.2, 0) is 11.4 Å². The van der Waals surface area contributed by atoms with Gasteiger partial charge in [-0.3, -0.25) is 4.79 Å². The first kappa shape index (κ1) is 17.5. The van der Waals surface area contributed by atoms with Crippen molar-refractivity contribution in [2.24, 2.45) is 17.6 Å². The highest BCUT2D eigenvalue weighted by Gasteiger charge is 2.43. The van der Waals surface area contributed by atoms with Gasteiger partial charge in [0.25, 0.3) is 0 Å². The molecule has 3 unspecified atom stereocenters. The molecule has 0 heterocycles. The highest BCUT2D eigenvalue weighted by Crippen LogP contribution is 2.47. The molecule has 3 N–H and O–H groups in total. The van der Waals surface area contributed by atoms with Gasteiger partial charge in [-0.25, -0.2) is 0 Å². The molecule has 1 aliphatic carbocycles. The van der Waals surface area contributed by atoms with Crippen LogP contribution in [0.3, 0.4) is 0 Å². The number of amides is 1. The van der Waals surface area contributed by atoms with E-state index in [1.54, 1.807) is 0 Å². The Hall–Kier alpha value is -2.33. The van der Waals surface area contributed by atoms with Gasteiger partial charge in [-0.2, -0.15) is 0 Å². The third kappa shape index (κ3) is 4.83. The van der Waals surface area contributed by atoms with Gasteiger partial charge in [-0.05, 0) is 48.1 Å². The van der Waals surface area contributed by atoms with Gasteiger partial charge in [-0.15, -0.1) is 0 Å². The lowest BCUT2D eigenvalue weighted by molar-refractivity contribution is -0.122. The summed E-state index contributed by atoms with van der Waals surface area (Å²) in [4.78, 5) is 12.2. The fourth-order valence-electron chi connectivity index (χ4n) is 2.89. The molecule has 25 heavy (non-hydrogen) atoms. The molecule has 0 saturated heterocycles. The molecule has 1 amide bonds. The molecule has 0 aromatic heterocycles. The van der Waals surface area contributed by atoms with E-state index in [4.69, 9.17) is 10.5 Å². The lowest BCUT2D eigenvalue weighted by Crippen LogP contribution is -2.32. The molecule has 3 atom stereocenters. The average molecular weight is 338 g/mol. The van der Waals surface area contributed by atoms with Crippen molar-refractivity contribution in [3.63, 3.8) is 0 Å². The minimum atomic E-state index is 0.0982. The molecule has 1 saturated carbocycles. The maximum Gasteiger partial charge on any atom is 0.223 e. The highest BCUT2D eigenvalue weighted by molar-refractivity contribution is 5.82. The third-order valence-corrected chi connectivity index (χ3v) is 4.71. The molecule has 0 aliphatic heterocycles. The minimum Gasteiger partial charge on any atom is -0.489 e. The van der Waals surface area contributed by atoms with Crippen molar-refractivity contribution >= 4 is 5.91 Å². The van der Waals surface area contributed by atoms with Crippen molar-refractivity contribution in [3.05, 3.63) is 65.7 Å². The van der Waals surface area contributed by atoms with Crippen molar-refractivity contribution in [2.75, 3.05) is 13.1 Å². The van der Waals surface area contributed by atoms with Crippen LogP contribution in [0.5, 0.6) is 5.75 Å². The molecule has 3 rings (SSSR count). The quantitative estimate of drug-likeness (QED) is 0.777. The maximum atomic E-state index is 12.2. The van der Waals surface area contributed by atoms with Crippen LogP contribution >= 0.6 is 0 Å². The lowest BCUT2D eigenvalue weighted by Gasteiger charge is -2.10. The Bertz CT molecular complexity index is 685. The van der Waals surface area contributed by atoms with E-state index in [0.717, 1.165) is 17.7 Å². The zero-order valence-electron chi connectivity index (χ0n) is 14.7. The van der Waals surface area contributed by atoms with Gasteiger partial charge in [0, 0.05) is 12.5 Å². The summed E-state index contributed by atoms with van der Waals surface area (Å²) in [6.07, 6.45) is 0.924. The van der Waals surface area contributed by atoms with Crippen LogP contribution in [0.15, 0.2) is 54.6 Å². The molecular formula is C21H26N2O2. The van der Waals surface area contributed by atoms with Gasteiger partial charge in [0.2, 0.25) is 5.91 Å². The number of carbonyl (C=O) groups is 1. The Kier molecular flexibility index (Phi) is 5.71. The summed E-state index contributed by atoms with van der Waals surface area (Å²) >= 11 is 0. The van der Waals surface area contributed by atoms with Crippen molar-refractivity contribution in [1.82, 2.24) is 5.32 Å². The second kappa shape index (κ2) is 8.17. The van der Waals surface area contributed by atoms with Crippen molar-refractivity contribution in [2.45, 2.75) is 25.9 Å². The summed E-state index contributed by atoms with van der Waals surface area (Å²) in [5, 5.41) is 3.00. The van der Waals surface area contributed by atoms with E-state index in [9.17, 15) is 4.79 Å². The van der Waals surface area contributed by atoms with Crippen LogP contribution in [-0.4, -0.2) is 19.0 Å². The number of hydrogen-bond donors (Lipinski definition) is 2. The Morgan fingerprint density at radius 1 is 1.20 bits per heavy atom. The van der Waals surface area contributed by atoms with Crippen LogP contribution < -0.4 is 15.8 Å². The van der Waals surface area contributed by atoms with E-state index in [-0.39, 0.29) is 11.8 Å². The Balaban J connectivity index is 1.47. The van der Waals surface area contributed by atoms with Crippen molar-refractivity contribution in [1.29, 1.82) is 0 Å². The molecule has 2 aromatic carbocycles. The summed E-state index contributed by atoms with van der Waals surface area (Å²) in [6, 6.07) is 18.2. The van der Waals surface area contributed by atoms with Crippen LogP contribution in [0.1, 0.15) is 30.4 Å². The van der Waals surface area contributed by atoms with Gasteiger partial charge in [0.05, 0.1) is 0 Å². The topological polar surface area (TPSA) is 64.3 Å². The van der Waals surface area contributed by atoms with Crippen LogP contribution in [0, 0.1) is 11.8 Å². The second-order valence-electron chi connectivity index (χ2n) is 6.88. The maximum absolute atomic E-state index is 12.2. The number of nitrogens with two attached hydrogens (primary N) is 1. The van der Waals surface area contributed by atoms with Crippen LogP contribution in [0.2, 0.25) is 0 Å². The molecule has 1 fully saturated rings. The SMILES string of the molecule is CC(CN)CNC(=O)C1CC1c1ccc(OCc2ccccc2)cc1. The Morgan fingerprint density at radius 2 is 1.92 bits per heavy atom. The molecule has 4 heteroatoms. The molecular weight excluding hydrogens is 312 g/mol. The average Bonchev–Trinajstić information content (AvgIpc) is 3.46. The number of carbonyl (C=O) groups excluding carboxylic acids is 1. The van der Waals surface area contributed by atoms with E-state index >= 15 is 0 Å². The second-order valence-corrected chi connectivity index (χ2v) is 6.88. The number of ether oxygens (including phenoxy) is 1. The first-order chi connectivity index (χ1) is 12.2. The van der Waals surface area contributed by atoms with Gasteiger partial charge in [-0.1, -0.05) is 49.4 Å². The number of benzene rings is 2. The highest BCUT2D eigenvalue weighted by atomic mass is 16.5. The monoisotopic (exact) mass is 338 g/mol. The standard InChI is InChI=1S/C21H26N2O2/c1-15(12-22)13-23-21(24)20-11-19(20)17-7-9-18(10-8-17)25-14-16-5-3-2-4-6-16/h2-10,15,19-20H,11-14,22H2,1H3,(H,23,24). The van der Waals surface area contributed by atoms with Crippen molar-refractivity contribution < 1.29 is 9.53 Å². The van der Waals surface area contributed by atoms with E-state index in [1.165, 1.54) is 5.56 Å². The van der Waals surface area contributed by atoms with Gasteiger partial charge >= 0.3 is 0 Å². The molecule has 0 bridgehead atoms. The number of hydrogen-bond acceptors (Lipinski definition) is 3.